The van der Waals surface area contributed by atoms with Gasteiger partial charge in [-0.25, -0.2) is 13.2 Å². The first-order valence-corrected chi connectivity index (χ1v) is 14.3. The minimum Gasteiger partial charge on any atom is -0.470 e. The van der Waals surface area contributed by atoms with Gasteiger partial charge in [0, 0.05) is 6.42 Å². The number of rotatable bonds is 11. The number of Topliss-reactive ketones (excluding diaryl/α,β-unsaturated/α-hetero) is 1. The van der Waals surface area contributed by atoms with Crippen LogP contribution in [0.1, 0.15) is 65.2 Å². The predicted molar refractivity (Wildman–Crippen MR) is 149 cm³/mol. The lowest BCUT2D eigenvalue weighted by Gasteiger charge is -2.28. The number of nitrogens with two attached hydrogens (primary N) is 1. The molecular formula is C28H39N3O8S. The number of alkyl carbamates (subject to hydrolysis) is 1. The lowest BCUT2D eigenvalue weighted by atomic mass is 9.98. The van der Waals surface area contributed by atoms with E-state index in [4.69, 9.17) is 19.9 Å². The molecule has 0 aliphatic carbocycles. The molecule has 4 N–H and O–H groups in total. The summed E-state index contributed by atoms with van der Waals surface area (Å²) in [5.41, 5.74) is 4.52. The highest BCUT2D eigenvalue weighted by Crippen LogP contribution is 2.23. The Kier molecular flexibility index (Phi) is 10.8. The van der Waals surface area contributed by atoms with Crippen LogP contribution in [0.4, 0.5) is 4.79 Å². The molecule has 2 aromatic rings. The SMILES string of the molecule is CCC(NC(=O)OC(C)(C)C)Oc1ccccc1C(=O)C(N)C(NS(=O)(=O)c1ccccc1)C(=O)OC(C)(C)C. The van der Waals surface area contributed by atoms with Crippen LogP contribution < -0.4 is 20.5 Å². The number of benzene rings is 2. The molecule has 220 valence electrons. The molecule has 11 nitrogen and oxygen atoms in total. The smallest absolute Gasteiger partial charge is 0.410 e. The van der Waals surface area contributed by atoms with E-state index in [1.54, 1.807) is 66.7 Å². The van der Waals surface area contributed by atoms with E-state index in [9.17, 15) is 22.8 Å². The van der Waals surface area contributed by atoms with Crippen LogP contribution >= 0.6 is 0 Å². The molecule has 0 saturated heterocycles. The molecule has 0 aliphatic heterocycles. The molecule has 2 aromatic carbocycles. The molecule has 0 radical (unpaired) electrons. The number of ether oxygens (including phenoxy) is 3. The van der Waals surface area contributed by atoms with Gasteiger partial charge in [0.2, 0.25) is 10.0 Å². The van der Waals surface area contributed by atoms with Crippen LogP contribution in [-0.2, 0) is 24.3 Å². The van der Waals surface area contributed by atoms with Crippen molar-refractivity contribution in [3.05, 3.63) is 60.2 Å². The fourth-order valence-electron chi connectivity index (χ4n) is 3.38. The molecule has 3 unspecified atom stereocenters. The number of nitrogens with one attached hydrogen (secondary N) is 2. The highest BCUT2D eigenvalue weighted by molar-refractivity contribution is 7.89. The molecule has 0 heterocycles. The second kappa shape index (κ2) is 13.2. The number of hydrogen-bond acceptors (Lipinski definition) is 9. The summed E-state index contributed by atoms with van der Waals surface area (Å²) >= 11 is 0. The van der Waals surface area contributed by atoms with Gasteiger partial charge in [0.1, 0.15) is 23.0 Å². The van der Waals surface area contributed by atoms with Crippen LogP contribution in [0, 0.1) is 0 Å². The van der Waals surface area contributed by atoms with Crippen molar-refractivity contribution >= 4 is 27.9 Å². The van der Waals surface area contributed by atoms with E-state index in [0.717, 1.165) is 0 Å². The summed E-state index contributed by atoms with van der Waals surface area (Å²) in [7, 11) is -4.26. The molecule has 2 rings (SSSR count). The zero-order chi connectivity index (χ0) is 30.3. The Morgan fingerprint density at radius 1 is 0.875 bits per heavy atom. The van der Waals surface area contributed by atoms with Crippen molar-refractivity contribution in [3.63, 3.8) is 0 Å². The fraction of sp³-hybridized carbons (Fsp3) is 0.464. The number of hydrogen-bond donors (Lipinski definition) is 3. The predicted octanol–water partition coefficient (Wildman–Crippen LogP) is 3.53. The fourth-order valence-corrected chi connectivity index (χ4v) is 4.61. The first-order chi connectivity index (χ1) is 18.4. The van der Waals surface area contributed by atoms with Crippen molar-refractivity contribution in [1.82, 2.24) is 10.0 Å². The van der Waals surface area contributed by atoms with Gasteiger partial charge in [-0.15, -0.1) is 0 Å². The molecule has 3 atom stereocenters. The van der Waals surface area contributed by atoms with E-state index >= 15 is 0 Å². The summed E-state index contributed by atoms with van der Waals surface area (Å²) in [5.74, 6) is -1.74. The quantitative estimate of drug-likeness (QED) is 0.206. The van der Waals surface area contributed by atoms with Crippen molar-refractivity contribution in [2.45, 2.75) is 89.3 Å². The highest BCUT2D eigenvalue weighted by atomic mass is 32.2. The Bertz CT molecular complexity index is 1280. The monoisotopic (exact) mass is 577 g/mol. The third-order valence-corrected chi connectivity index (χ3v) is 6.59. The Balaban J connectivity index is 2.38. The zero-order valence-electron chi connectivity index (χ0n) is 23.9. The van der Waals surface area contributed by atoms with Crippen LogP contribution in [0.15, 0.2) is 59.5 Å². The summed E-state index contributed by atoms with van der Waals surface area (Å²) in [6.45, 7) is 11.7. The van der Waals surface area contributed by atoms with Crippen molar-refractivity contribution in [2.24, 2.45) is 5.73 Å². The molecule has 0 aliphatic rings. The summed E-state index contributed by atoms with van der Waals surface area (Å²) in [4.78, 5) is 38.9. The van der Waals surface area contributed by atoms with E-state index in [2.05, 4.69) is 10.0 Å². The Morgan fingerprint density at radius 2 is 1.43 bits per heavy atom. The zero-order valence-corrected chi connectivity index (χ0v) is 24.7. The molecule has 0 bridgehead atoms. The maximum absolute atomic E-state index is 13.6. The summed E-state index contributed by atoms with van der Waals surface area (Å²) in [6, 6.07) is 10.0. The van der Waals surface area contributed by atoms with Crippen LogP contribution in [0.5, 0.6) is 5.75 Å². The van der Waals surface area contributed by atoms with Gasteiger partial charge in [-0.2, -0.15) is 4.72 Å². The van der Waals surface area contributed by atoms with Gasteiger partial charge in [-0.05, 0) is 65.8 Å². The molecule has 40 heavy (non-hydrogen) atoms. The minimum absolute atomic E-state index is 0.0214. The van der Waals surface area contributed by atoms with E-state index in [1.165, 1.54) is 36.4 Å². The molecule has 0 spiro atoms. The number of esters is 1. The lowest BCUT2D eigenvalue weighted by Crippen LogP contribution is -2.57. The van der Waals surface area contributed by atoms with E-state index in [0.29, 0.717) is 6.42 Å². The van der Waals surface area contributed by atoms with E-state index < -0.39 is 57.4 Å². The van der Waals surface area contributed by atoms with Gasteiger partial charge < -0.3 is 19.9 Å². The first kappa shape index (κ1) is 32.7. The van der Waals surface area contributed by atoms with E-state index in [-0.39, 0.29) is 16.2 Å². The molecule has 0 saturated carbocycles. The van der Waals surface area contributed by atoms with Gasteiger partial charge in [-0.3, -0.25) is 14.9 Å². The number of para-hydroxylation sites is 1. The first-order valence-electron chi connectivity index (χ1n) is 12.8. The third-order valence-electron chi connectivity index (χ3n) is 5.13. The number of carbonyl (C=O) groups is 3. The van der Waals surface area contributed by atoms with Gasteiger partial charge >= 0.3 is 12.1 Å². The summed E-state index contributed by atoms with van der Waals surface area (Å²) < 4.78 is 44.9. The number of carbonyl (C=O) groups excluding carboxylic acids is 3. The highest BCUT2D eigenvalue weighted by Gasteiger charge is 2.39. The van der Waals surface area contributed by atoms with Crippen molar-refractivity contribution in [2.75, 3.05) is 0 Å². The second-order valence-corrected chi connectivity index (χ2v) is 12.7. The lowest BCUT2D eigenvalue weighted by molar-refractivity contribution is -0.157. The molecular weight excluding hydrogens is 538 g/mol. The number of amides is 1. The van der Waals surface area contributed by atoms with Gasteiger partial charge in [-0.1, -0.05) is 37.3 Å². The van der Waals surface area contributed by atoms with Crippen LogP contribution in [0.2, 0.25) is 0 Å². The molecule has 12 heteroatoms. The number of ketones is 1. The van der Waals surface area contributed by atoms with Gasteiger partial charge in [0.25, 0.3) is 0 Å². The van der Waals surface area contributed by atoms with Crippen molar-refractivity contribution < 1.29 is 37.0 Å². The third kappa shape index (κ3) is 9.92. The van der Waals surface area contributed by atoms with Crippen molar-refractivity contribution in [1.29, 1.82) is 0 Å². The van der Waals surface area contributed by atoms with Crippen molar-refractivity contribution in [3.8, 4) is 5.75 Å². The van der Waals surface area contributed by atoms with Gasteiger partial charge in [0.15, 0.2) is 12.0 Å². The summed E-state index contributed by atoms with van der Waals surface area (Å²) in [5, 5.41) is 2.59. The molecule has 0 fully saturated rings. The standard InChI is InChI=1S/C28H39N3O8S/c1-8-21(30-26(34)39-28(5,6)7)37-20-17-13-12-16-19(20)24(32)22(29)23(25(33)38-27(2,3)4)31-40(35,36)18-14-10-9-11-15-18/h9-17,21-23,31H,8,29H2,1-7H3,(H,30,34). The molecule has 1 amide bonds. The Morgan fingerprint density at radius 3 is 1.98 bits per heavy atom. The maximum atomic E-state index is 13.6. The normalized spacial score (nSPS) is 14.4. The molecule has 0 aromatic heterocycles. The van der Waals surface area contributed by atoms with Crippen LogP contribution in [0.25, 0.3) is 0 Å². The Labute approximate surface area is 235 Å². The average Bonchev–Trinajstić information content (AvgIpc) is 2.84. The minimum atomic E-state index is -4.26. The Hall–Kier alpha value is -3.48. The summed E-state index contributed by atoms with van der Waals surface area (Å²) in [6.07, 6.45) is -1.25. The topological polar surface area (TPSA) is 163 Å². The van der Waals surface area contributed by atoms with Crippen LogP contribution in [0.3, 0.4) is 0 Å². The maximum Gasteiger partial charge on any atom is 0.410 e. The largest absolute Gasteiger partial charge is 0.470 e. The second-order valence-electron chi connectivity index (χ2n) is 11.0. The van der Waals surface area contributed by atoms with Crippen LogP contribution in [-0.4, -0.2) is 55.8 Å². The average molecular weight is 578 g/mol. The number of sulfonamides is 1. The van der Waals surface area contributed by atoms with E-state index in [1.807, 2.05) is 0 Å². The van der Waals surface area contributed by atoms with Gasteiger partial charge in [0.05, 0.1) is 16.5 Å².